The SMILES string of the molecule is c1ccc(-c2cccc(-c3ccc(-n4c5ccccc5c5c4ccc4c6ccccc6n(-c6ccc7sc8ccccc8c7c6)c45)cc3)c2)cc1.c1ccc(-c2cccc(-c3ccc(-n4c5ccccc5c5c4ccc4c6ccccc6n(-c6cccc7c6sc6ccccc67)c45)cc3)c2)cc1. The van der Waals surface area contributed by atoms with Crippen molar-refractivity contribution in [3.63, 3.8) is 0 Å². The zero-order chi connectivity index (χ0) is 66.9. The third kappa shape index (κ3) is 9.13. The first-order valence-electron chi connectivity index (χ1n) is 34.9. The van der Waals surface area contributed by atoms with Crippen LogP contribution in [0.4, 0.5) is 0 Å². The monoisotopic (exact) mass is 1330 g/mol. The molecule has 0 aliphatic heterocycles. The standard InChI is InChI=1S/2C48H30N2S/c1-2-12-31(13-3-1)33-14-10-15-34(30-33)32-24-26-35(27-25-32)49-42-21-8-5-18-40(42)46-43(49)29-28-38-36-16-4-7-20-41(36)50(47(38)46)44-22-11-19-39-37-17-6-9-23-45(37)51-48(39)44;1-2-11-31(12-3-1)33-13-10-14-34(29-33)32-21-23-35(24-22-32)49-43-19-8-5-17-40(43)47-44(49)27-26-39-37-15-4-7-18-42(37)50(48(39)47)36-25-28-46-41(30-36)38-16-6-9-20-45(38)51-46/h2*1-30H. The molecule has 0 saturated carbocycles. The van der Waals surface area contributed by atoms with E-state index in [1.165, 1.54) is 183 Å². The van der Waals surface area contributed by atoms with Crippen LogP contribution in [-0.2, 0) is 0 Å². The third-order valence-corrected chi connectivity index (χ3v) is 23.4. The second kappa shape index (κ2) is 23.4. The molecule has 0 aliphatic rings. The molecular weight excluding hydrogens is 1270 g/mol. The van der Waals surface area contributed by atoms with Crippen molar-refractivity contribution in [2.75, 3.05) is 0 Å². The molecule has 0 radical (unpaired) electrons. The normalized spacial score (nSPS) is 11.9. The topological polar surface area (TPSA) is 19.7 Å². The van der Waals surface area contributed by atoms with E-state index < -0.39 is 0 Å². The van der Waals surface area contributed by atoms with E-state index in [1.807, 2.05) is 22.7 Å². The van der Waals surface area contributed by atoms with Crippen molar-refractivity contribution >= 4 is 150 Å². The van der Waals surface area contributed by atoms with E-state index in [0.29, 0.717) is 0 Å². The first-order valence-corrected chi connectivity index (χ1v) is 36.5. The molecule has 0 amide bonds. The molecule has 4 nitrogen and oxygen atoms in total. The summed E-state index contributed by atoms with van der Waals surface area (Å²) in [6, 6.07) is 133. The van der Waals surface area contributed by atoms with Crippen molar-refractivity contribution < 1.29 is 0 Å². The predicted molar refractivity (Wildman–Crippen MR) is 438 cm³/mol. The molecule has 0 saturated heterocycles. The van der Waals surface area contributed by atoms with Crippen LogP contribution in [0.25, 0.3) is 195 Å². The molecule has 6 aromatic heterocycles. The van der Waals surface area contributed by atoms with Gasteiger partial charge in [-0.15, -0.1) is 22.7 Å². The Bertz CT molecular complexity index is 7090. The van der Waals surface area contributed by atoms with E-state index >= 15 is 0 Å². The average molecular weight is 1330 g/mol. The molecule has 0 atom stereocenters. The molecule has 6 heterocycles. The summed E-state index contributed by atoms with van der Waals surface area (Å²) in [5.74, 6) is 0. The van der Waals surface area contributed by atoms with Gasteiger partial charge < -0.3 is 18.3 Å². The number of thiophene rings is 2. The summed E-state index contributed by atoms with van der Waals surface area (Å²) in [5, 5.41) is 15.4. The average Bonchev–Trinajstić information content (AvgIpc) is 1.55. The molecule has 0 aliphatic carbocycles. The van der Waals surface area contributed by atoms with Gasteiger partial charge >= 0.3 is 0 Å². The van der Waals surface area contributed by atoms with Gasteiger partial charge in [0.15, 0.2) is 0 Å². The molecule has 102 heavy (non-hydrogen) atoms. The van der Waals surface area contributed by atoms with Crippen molar-refractivity contribution in [2.45, 2.75) is 0 Å². The zero-order valence-corrected chi connectivity index (χ0v) is 56.9. The van der Waals surface area contributed by atoms with Crippen molar-refractivity contribution in [1.82, 2.24) is 18.3 Å². The fourth-order valence-electron chi connectivity index (χ4n) is 16.5. The number of benzene rings is 16. The fraction of sp³-hybridized carbons (Fsp3) is 0. The van der Waals surface area contributed by atoms with Crippen LogP contribution >= 0.6 is 22.7 Å². The number of nitrogens with zero attached hydrogens (tertiary/aromatic N) is 4. The fourth-order valence-corrected chi connectivity index (χ4v) is 18.8. The molecule has 0 unspecified atom stereocenters. The molecule has 476 valence electrons. The molecule has 16 aromatic carbocycles. The van der Waals surface area contributed by atoms with Crippen LogP contribution in [0.1, 0.15) is 0 Å². The Morgan fingerprint density at radius 2 is 0.539 bits per heavy atom. The number of aromatic nitrogens is 4. The summed E-state index contributed by atoms with van der Waals surface area (Å²) in [6.45, 7) is 0. The van der Waals surface area contributed by atoms with Gasteiger partial charge in [-0.05, 0) is 154 Å². The van der Waals surface area contributed by atoms with Crippen molar-refractivity contribution in [2.24, 2.45) is 0 Å². The lowest BCUT2D eigenvalue weighted by atomic mass is 9.99. The number of hydrogen-bond acceptors (Lipinski definition) is 2. The lowest BCUT2D eigenvalue weighted by molar-refractivity contribution is 1.18. The Morgan fingerprint density at radius 3 is 1.06 bits per heavy atom. The van der Waals surface area contributed by atoms with E-state index in [0.717, 1.165) is 11.4 Å². The van der Waals surface area contributed by atoms with Crippen LogP contribution in [0.3, 0.4) is 0 Å². The Hall–Kier alpha value is -12.8. The maximum absolute atomic E-state index is 2.53. The quantitative estimate of drug-likeness (QED) is 0.144. The first-order chi connectivity index (χ1) is 50.6. The predicted octanol–water partition coefficient (Wildman–Crippen LogP) is 27.2. The third-order valence-electron chi connectivity index (χ3n) is 21.0. The second-order valence-corrected chi connectivity index (χ2v) is 28.8. The second-order valence-electron chi connectivity index (χ2n) is 26.6. The number of fused-ring (bicyclic) bond motifs is 20. The molecule has 22 rings (SSSR count). The van der Waals surface area contributed by atoms with Gasteiger partial charge in [-0.25, -0.2) is 0 Å². The van der Waals surface area contributed by atoms with E-state index in [2.05, 4.69) is 382 Å². The molecular formula is C96H60N4S2. The summed E-state index contributed by atoms with van der Waals surface area (Å²) in [7, 11) is 0. The Balaban J connectivity index is 0.000000133. The summed E-state index contributed by atoms with van der Waals surface area (Å²) >= 11 is 3.75. The zero-order valence-electron chi connectivity index (χ0n) is 55.2. The van der Waals surface area contributed by atoms with Crippen LogP contribution < -0.4 is 0 Å². The number of rotatable bonds is 8. The lowest BCUT2D eigenvalue weighted by Crippen LogP contribution is -1.95. The van der Waals surface area contributed by atoms with Crippen LogP contribution in [0.15, 0.2) is 364 Å². The van der Waals surface area contributed by atoms with Gasteiger partial charge in [0.2, 0.25) is 0 Å². The van der Waals surface area contributed by atoms with Crippen LogP contribution in [-0.4, -0.2) is 18.3 Å². The highest BCUT2D eigenvalue weighted by Gasteiger charge is 2.25. The highest BCUT2D eigenvalue weighted by Crippen LogP contribution is 2.48. The lowest BCUT2D eigenvalue weighted by Gasteiger charge is -2.12. The Kier molecular flexibility index (Phi) is 13.3. The van der Waals surface area contributed by atoms with E-state index in [1.54, 1.807) is 0 Å². The molecule has 0 fully saturated rings. The van der Waals surface area contributed by atoms with E-state index in [4.69, 9.17) is 0 Å². The Morgan fingerprint density at radius 1 is 0.176 bits per heavy atom. The van der Waals surface area contributed by atoms with Gasteiger partial charge in [-0.1, -0.05) is 255 Å². The van der Waals surface area contributed by atoms with Gasteiger partial charge in [0.05, 0.1) is 54.5 Å². The maximum Gasteiger partial charge on any atom is 0.0641 e. The van der Waals surface area contributed by atoms with Crippen molar-refractivity contribution in [1.29, 1.82) is 0 Å². The summed E-state index contributed by atoms with van der Waals surface area (Å²) < 4.78 is 15.2. The molecule has 22 aromatic rings. The van der Waals surface area contributed by atoms with Crippen LogP contribution in [0.5, 0.6) is 0 Å². The van der Waals surface area contributed by atoms with Gasteiger partial charge in [0.25, 0.3) is 0 Å². The van der Waals surface area contributed by atoms with Crippen LogP contribution in [0.2, 0.25) is 0 Å². The molecule has 0 spiro atoms. The summed E-state index contributed by atoms with van der Waals surface area (Å²) in [5.41, 5.74) is 24.2. The van der Waals surface area contributed by atoms with Gasteiger partial charge in [0.1, 0.15) is 0 Å². The van der Waals surface area contributed by atoms with Gasteiger partial charge in [0, 0.05) is 95.8 Å². The molecule has 0 bridgehead atoms. The van der Waals surface area contributed by atoms with E-state index in [-0.39, 0.29) is 0 Å². The van der Waals surface area contributed by atoms with Crippen molar-refractivity contribution in [3.8, 4) is 67.3 Å². The first kappa shape index (κ1) is 58.2. The summed E-state index contributed by atoms with van der Waals surface area (Å²) in [4.78, 5) is 0. The molecule has 6 heteroatoms. The minimum Gasteiger partial charge on any atom is -0.309 e. The van der Waals surface area contributed by atoms with Gasteiger partial charge in [-0.2, -0.15) is 0 Å². The minimum absolute atomic E-state index is 1.15. The largest absolute Gasteiger partial charge is 0.309 e. The maximum atomic E-state index is 2.53. The highest BCUT2D eigenvalue weighted by atomic mass is 32.1. The van der Waals surface area contributed by atoms with Crippen molar-refractivity contribution in [3.05, 3.63) is 364 Å². The minimum atomic E-state index is 1.15. The van der Waals surface area contributed by atoms with Gasteiger partial charge in [-0.3, -0.25) is 0 Å². The smallest absolute Gasteiger partial charge is 0.0641 e. The molecule has 0 N–H and O–H groups in total. The highest BCUT2D eigenvalue weighted by molar-refractivity contribution is 7.26. The Labute approximate surface area is 595 Å². The van der Waals surface area contributed by atoms with E-state index in [9.17, 15) is 0 Å². The number of para-hydroxylation sites is 4. The number of hydrogen-bond donors (Lipinski definition) is 0. The van der Waals surface area contributed by atoms with Crippen LogP contribution in [0, 0.1) is 0 Å². The summed E-state index contributed by atoms with van der Waals surface area (Å²) in [6.07, 6.45) is 0.